The van der Waals surface area contributed by atoms with Gasteiger partial charge in [0.1, 0.15) is 5.69 Å². The van der Waals surface area contributed by atoms with Crippen LogP contribution in [0.4, 0.5) is 17.6 Å². The smallest absolute Gasteiger partial charge is 0.247 e. The van der Waals surface area contributed by atoms with E-state index in [2.05, 4.69) is 4.98 Å². The van der Waals surface area contributed by atoms with Gasteiger partial charge in [0.25, 0.3) is 12.9 Å². The van der Waals surface area contributed by atoms with Crippen LogP contribution in [0.2, 0.25) is 0 Å². The van der Waals surface area contributed by atoms with Gasteiger partial charge in [-0.3, -0.25) is 0 Å². The van der Waals surface area contributed by atoms with E-state index < -0.39 is 18.5 Å². The van der Waals surface area contributed by atoms with Gasteiger partial charge in [-0.25, -0.2) is 22.5 Å². The van der Waals surface area contributed by atoms with Crippen LogP contribution in [0.3, 0.4) is 0 Å². The van der Waals surface area contributed by atoms with Crippen molar-refractivity contribution >= 4 is 10.9 Å². The van der Waals surface area contributed by atoms with Crippen molar-refractivity contribution in [1.29, 1.82) is 0 Å². The van der Waals surface area contributed by atoms with E-state index in [1.165, 1.54) is 19.1 Å². The summed E-state index contributed by atoms with van der Waals surface area (Å²) in [6.07, 6.45) is -5.64. The Hall–Kier alpha value is -1.65. The lowest BCUT2D eigenvalue weighted by molar-refractivity contribution is 0.140. The van der Waals surface area contributed by atoms with E-state index in [-0.39, 0.29) is 22.0 Å². The van der Waals surface area contributed by atoms with Gasteiger partial charge in [-0.15, -0.1) is 0 Å². The quantitative estimate of drug-likeness (QED) is 0.711. The lowest BCUT2D eigenvalue weighted by atomic mass is 10.0. The van der Waals surface area contributed by atoms with Crippen molar-refractivity contribution in [2.75, 3.05) is 0 Å². The van der Waals surface area contributed by atoms with Crippen LogP contribution in [0.15, 0.2) is 24.3 Å². The highest BCUT2D eigenvalue weighted by atomic mass is 19.3. The van der Waals surface area contributed by atoms with Crippen molar-refractivity contribution < 1.29 is 17.6 Å². The minimum atomic E-state index is -2.85. The average Bonchev–Trinajstić information content (AvgIpc) is 2.27. The fourth-order valence-electron chi connectivity index (χ4n) is 1.85. The molecule has 1 nitrogen and oxygen atoms in total. The Morgan fingerprint density at radius 2 is 1.65 bits per heavy atom. The van der Waals surface area contributed by atoms with Crippen molar-refractivity contribution in [1.82, 2.24) is 4.98 Å². The second-order valence-electron chi connectivity index (χ2n) is 3.65. The second kappa shape index (κ2) is 4.31. The molecule has 0 amide bonds. The number of alkyl halides is 4. The van der Waals surface area contributed by atoms with Gasteiger partial charge >= 0.3 is 0 Å². The number of benzene rings is 1. The summed E-state index contributed by atoms with van der Waals surface area (Å²) in [5.41, 5.74) is -0.887. The Morgan fingerprint density at radius 3 is 2.24 bits per heavy atom. The van der Waals surface area contributed by atoms with Crippen LogP contribution in [-0.4, -0.2) is 4.98 Å². The molecule has 5 heteroatoms. The van der Waals surface area contributed by atoms with Crippen LogP contribution in [-0.2, 0) is 0 Å². The van der Waals surface area contributed by atoms with Gasteiger partial charge in [0, 0.05) is 10.9 Å². The third-order valence-corrected chi connectivity index (χ3v) is 2.65. The fraction of sp³-hybridized carbons (Fsp3) is 0.250. The lowest BCUT2D eigenvalue weighted by Gasteiger charge is -2.13. The molecule has 2 aromatic rings. The monoisotopic (exact) mass is 243 g/mol. The first-order valence-electron chi connectivity index (χ1n) is 4.97. The minimum Gasteiger partial charge on any atom is -0.247 e. The molecule has 0 aliphatic heterocycles. The molecule has 0 saturated carbocycles. The van der Waals surface area contributed by atoms with Crippen molar-refractivity contribution in [2.45, 2.75) is 19.8 Å². The number of nitrogens with zero attached hydrogens (tertiary/aromatic N) is 1. The average molecular weight is 243 g/mol. The van der Waals surface area contributed by atoms with Crippen molar-refractivity contribution in [2.24, 2.45) is 0 Å². The first-order chi connectivity index (χ1) is 8.02. The molecule has 0 fully saturated rings. The van der Waals surface area contributed by atoms with Crippen LogP contribution in [0.25, 0.3) is 10.9 Å². The number of hydrogen-bond donors (Lipinski definition) is 0. The number of hydrogen-bond acceptors (Lipinski definition) is 1. The molecule has 0 N–H and O–H groups in total. The van der Waals surface area contributed by atoms with E-state index in [4.69, 9.17) is 0 Å². The molecular weight excluding hydrogens is 234 g/mol. The van der Waals surface area contributed by atoms with Gasteiger partial charge in [0.2, 0.25) is 0 Å². The predicted octanol–water partition coefficient (Wildman–Crippen LogP) is 4.42. The molecule has 17 heavy (non-hydrogen) atoms. The summed E-state index contributed by atoms with van der Waals surface area (Å²) in [5.74, 6) is 0. The number of para-hydroxylation sites is 1. The molecule has 0 aliphatic rings. The first-order valence-corrected chi connectivity index (χ1v) is 4.97. The Balaban J connectivity index is 2.85. The largest absolute Gasteiger partial charge is 0.280 e. The standard InChI is InChI=1S/C12H9F4N/c1-6-9(11(13)14)7-4-2-3-5-8(7)17-10(6)12(15)16/h2-5,11-12H,1H3. The Morgan fingerprint density at radius 1 is 1.00 bits per heavy atom. The summed E-state index contributed by atoms with van der Waals surface area (Å²) in [7, 11) is 0. The molecule has 1 aromatic carbocycles. The van der Waals surface area contributed by atoms with E-state index in [9.17, 15) is 17.6 Å². The number of rotatable bonds is 2. The predicted molar refractivity (Wildman–Crippen MR) is 56.4 cm³/mol. The number of pyridine rings is 1. The van der Waals surface area contributed by atoms with Crippen molar-refractivity contribution in [3.63, 3.8) is 0 Å². The summed E-state index contributed by atoms with van der Waals surface area (Å²) in [4.78, 5) is 3.73. The fourth-order valence-corrected chi connectivity index (χ4v) is 1.85. The molecule has 0 aliphatic carbocycles. The summed E-state index contributed by atoms with van der Waals surface area (Å²) in [5, 5.41) is 0.226. The number of halogens is 4. The summed E-state index contributed by atoms with van der Waals surface area (Å²) < 4.78 is 51.2. The van der Waals surface area contributed by atoms with Gasteiger partial charge in [-0.05, 0) is 18.6 Å². The Bertz CT molecular complexity index is 551. The molecule has 0 unspecified atom stereocenters. The maximum Gasteiger partial charge on any atom is 0.280 e. The van der Waals surface area contributed by atoms with Gasteiger partial charge in [0.15, 0.2) is 0 Å². The zero-order chi connectivity index (χ0) is 12.6. The molecule has 2 rings (SSSR count). The van der Waals surface area contributed by atoms with Gasteiger partial charge in [0.05, 0.1) is 5.52 Å². The van der Waals surface area contributed by atoms with Crippen LogP contribution in [0.1, 0.15) is 29.7 Å². The molecule has 0 spiro atoms. The molecule has 1 heterocycles. The Labute approximate surface area is 95.1 Å². The van der Waals surface area contributed by atoms with Crippen molar-refractivity contribution in [3.05, 3.63) is 41.1 Å². The van der Waals surface area contributed by atoms with Gasteiger partial charge in [-0.2, -0.15) is 0 Å². The van der Waals surface area contributed by atoms with Gasteiger partial charge < -0.3 is 0 Å². The van der Waals surface area contributed by atoms with E-state index in [0.717, 1.165) is 0 Å². The zero-order valence-corrected chi connectivity index (χ0v) is 8.92. The summed E-state index contributed by atoms with van der Waals surface area (Å²) >= 11 is 0. The van der Waals surface area contributed by atoms with Crippen LogP contribution in [0, 0.1) is 6.92 Å². The van der Waals surface area contributed by atoms with E-state index in [0.29, 0.717) is 0 Å². The Kier molecular flexibility index (Phi) is 3.00. The highest BCUT2D eigenvalue weighted by Crippen LogP contribution is 2.34. The normalized spacial score (nSPS) is 11.7. The minimum absolute atomic E-state index is 0.131. The number of fused-ring (bicyclic) bond motifs is 1. The highest BCUT2D eigenvalue weighted by Gasteiger charge is 2.22. The molecular formula is C12H9F4N. The van der Waals surface area contributed by atoms with Gasteiger partial charge in [-0.1, -0.05) is 18.2 Å². The zero-order valence-electron chi connectivity index (χ0n) is 8.92. The first kappa shape index (κ1) is 11.8. The van der Waals surface area contributed by atoms with Crippen LogP contribution >= 0.6 is 0 Å². The van der Waals surface area contributed by atoms with E-state index in [1.807, 2.05) is 0 Å². The topological polar surface area (TPSA) is 12.9 Å². The molecule has 0 radical (unpaired) electrons. The lowest BCUT2D eigenvalue weighted by Crippen LogP contribution is -2.02. The maximum atomic E-state index is 12.9. The SMILES string of the molecule is Cc1c(C(F)F)nc2ccccc2c1C(F)F. The van der Waals surface area contributed by atoms with Crippen LogP contribution in [0.5, 0.6) is 0 Å². The molecule has 0 atom stereocenters. The molecule has 1 aromatic heterocycles. The highest BCUT2D eigenvalue weighted by molar-refractivity contribution is 5.83. The molecule has 0 saturated heterocycles. The van der Waals surface area contributed by atoms with E-state index >= 15 is 0 Å². The summed E-state index contributed by atoms with van der Waals surface area (Å²) in [6.45, 7) is 1.25. The third kappa shape index (κ3) is 1.97. The van der Waals surface area contributed by atoms with Crippen LogP contribution < -0.4 is 0 Å². The van der Waals surface area contributed by atoms with Crippen molar-refractivity contribution in [3.8, 4) is 0 Å². The second-order valence-corrected chi connectivity index (χ2v) is 3.65. The summed E-state index contributed by atoms with van der Waals surface area (Å²) in [6, 6.07) is 6.07. The third-order valence-electron chi connectivity index (χ3n) is 2.65. The molecule has 0 bridgehead atoms. The maximum absolute atomic E-state index is 12.9. The number of aromatic nitrogens is 1. The van der Waals surface area contributed by atoms with E-state index in [1.54, 1.807) is 12.1 Å². The molecule has 90 valence electrons.